The zero-order valence-electron chi connectivity index (χ0n) is 12.2. The molecule has 112 valence electrons. The molecule has 2 aromatic heterocycles. The number of rotatable bonds is 4. The Hall–Kier alpha value is -2.21. The summed E-state index contributed by atoms with van der Waals surface area (Å²) in [7, 11) is 1.78. The molecule has 0 spiro atoms. The van der Waals surface area contributed by atoms with Gasteiger partial charge in [0.15, 0.2) is 11.5 Å². The molecule has 0 unspecified atom stereocenters. The first-order chi connectivity index (χ1) is 10.7. The minimum atomic E-state index is -0.0403. The van der Waals surface area contributed by atoms with Crippen molar-refractivity contribution in [2.45, 2.75) is 25.3 Å². The minimum absolute atomic E-state index is 0.0403. The minimum Gasteiger partial charge on any atom is -0.440 e. The molecule has 1 aliphatic carbocycles. The third-order valence-corrected chi connectivity index (χ3v) is 4.55. The maximum Gasteiger partial charge on any atom is 0.254 e. The fraction of sp³-hybridized carbons (Fsp3) is 0.312. The molecule has 3 aromatic rings. The van der Waals surface area contributed by atoms with E-state index >= 15 is 0 Å². The normalized spacial score (nSPS) is 14.4. The largest absolute Gasteiger partial charge is 0.440 e. The van der Waals surface area contributed by atoms with Crippen LogP contribution in [-0.2, 0) is 6.54 Å². The molecule has 6 heteroatoms. The molecule has 1 saturated carbocycles. The van der Waals surface area contributed by atoms with Gasteiger partial charge in [0.25, 0.3) is 5.91 Å². The average molecular weight is 313 g/mol. The van der Waals surface area contributed by atoms with Gasteiger partial charge < -0.3 is 9.32 Å². The van der Waals surface area contributed by atoms with E-state index in [1.807, 2.05) is 17.5 Å². The Bertz CT molecular complexity index is 821. The Balaban J connectivity index is 1.57. The van der Waals surface area contributed by atoms with Gasteiger partial charge in [-0.1, -0.05) is 0 Å². The summed E-state index contributed by atoms with van der Waals surface area (Å²) in [6.45, 7) is 0.512. The zero-order chi connectivity index (χ0) is 15.1. The number of oxazole rings is 1. The van der Waals surface area contributed by atoms with Gasteiger partial charge in [-0.15, -0.1) is 11.3 Å². The van der Waals surface area contributed by atoms with E-state index in [1.165, 1.54) is 0 Å². The Morgan fingerprint density at radius 1 is 1.45 bits per heavy atom. The Labute approximate surface area is 131 Å². The number of thiazole rings is 1. The predicted octanol–water partition coefficient (Wildman–Crippen LogP) is 3.43. The van der Waals surface area contributed by atoms with Gasteiger partial charge >= 0.3 is 0 Å². The van der Waals surface area contributed by atoms with Crippen LogP contribution in [0.3, 0.4) is 0 Å². The Morgan fingerprint density at radius 2 is 2.32 bits per heavy atom. The SMILES string of the molecule is CN(Cc1nccs1)C(=O)c1ccc2nc(C3CC3)oc2c1. The van der Waals surface area contributed by atoms with Crippen molar-refractivity contribution in [2.75, 3.05) is 7.05 Å². The van der Waals surface area contributed by atoms with E-state index in [1.54, 1.807) is 35.5 Å². The summed E-state index contributed by atoms with van der Waals surface area (Å²) in [6, 6.07) is 5.45. The standard InChI is InChI=1S/C16H15N3O2S/c1-19(9-14-17-6-7-22-14)16(20)11-4-5-12-13(8-11)21-15(18-12)10-2-3-10/h4-8,10H,2-3,9H2,1H3. The summed E-state index contributed by atoms with van der Waals surface area (Å²) in [5.74, 6) is 1.23. The van der Waals surface area contributed by atoms with Gasteiger partial charge in [-0.05, 0) is 31.0 Å². The van der Waals surface area contributed by atoms with Crippen LogP contribution in [0.2, 0.25) is 0 Å². The lowest BCUT2D eigenvalue weighted by Crippen LogP contribution is -2.26. The van der Waals surface area contributed by atoms with Crippen molar-refractivity contribution < 1.29 is 9.21 Å². The second-order valence-corrected chi connectivity index (χ2v) is 6.58. The molecule has 0 N–H and O–H groups in total. The monoisotopic (exact) mass is 313 g/mol. The van der Waals surface area contributed by atoms with Gasteiger partial charge in [0.05, 0.1) is 6.54 Å². The van der Waals surface area contributed by atoms with Crippen molar-refractivity contribution in [3.63, 3.8) is 0 Å². The molecule has 0 bridgehead atoms. The molecule has 1 fully saturated rings. The van der Waals surface area contributed by atoms with Crippen molar-refractivity contribution in [1.82, 2.24) is 14.9 Å². The summed E-state index contributed by atoms with van der Waals surface area (Å²) in [4.78, 5) is 22.9. The van der Waals surface area contributed by atoms with Gasteiger partial charge in [-0.2, -0.15) is 0 Å². The number of hydrogen-bond acceptors (Lipinski definition) is 5. The zero-order valence-corrected chi connectivity index (χ0v) is 13.0. The van der Waals surface area contributed by atoms with Gasteiger partial charge in [0.1, 0.15) is 10.5 Å². The lowest BCUT2D eigenvalue weighted by Gasteiger charge is -2.15. The first kappa shape index (κ1) is 13.5. The van der Waals surface area contributed by atoms with Crippen molar-refractivity contribution in [3.8, 4) is 0 Å². The van der Waals surface area contributed by atoms with Crippen LogP contribution in [0.1, 0.15) is 40.0 Å². The average Bonchev–Trinajstić information content (AvgIpc) is 3.08. The molecule has 4 rings (SSSR count). The number of hydrogen-bond donors (Lipinski definition) is 0. The van der Waals surface area contributed by atoms with Crippen LogP contribution in [0.5, 0.6) is 0 Å². The van der Waals surface area contributed by atoms with Gasteiger partial charge in [-0.25, -0.2) is 9.97 Å². The van der Waals surface area contributed by atoms with E-state index in [9.17, 15) is 4.79 Å². The Morgan fingerprint density at radius 3 is 3.05 bits per heavy atom. The molecular formula is C16H15N3O2S. The molecule has 2 heterocycles. The summed E-state index contributed by atoms with van der Waals surface area (Å²) >= 11 is 1.55. The molecule has 0 radical (unpaired) electrons. The maximum atomic E-state index is 12.5. The summed E-state index contributed by atoms with van der Waals surface area (Å²) in [5, 5.41) is 2.83. The highest BCUT2D eigenvalue weighted by Gasteiger charge is 2.29. The van der Waals surface area contributed by atoms with Crippen molar-refractivity contribution >= 4 is 28.3 Å². The van der Waals surface area contributed by atoms with Crippen molar-refractivity contribution in [1.29, 1.82) is 0 Å². The van der Waals surface area contributed by atoms with Crippen LogP contribution < -0.4 is 0 Å². The first-order valence-electron chi connectivity index (χ1n) is 7.25. The third kappa shape index (κ3) is 2.50. The number of amides is 1. The highest BCUT2D eigenvalue weighted by atomic mass is 32.1. The predicted molar refractivity (Wildman–Crippen MR) is 83.9 cm³/mol. The van der Waals surface area contributed by atoms with E-state index in [0.717, 1.165) is 29.3 Å². The number of carbonyl (C=O) groups excluding carboxylic acids is 1. The molecule has 0 aliphatic heterocycles. The first-order valence-corrected chi connectivity index (χ1v) is 8.13. The molecule has 1 amide bonds. The lowest BCUT2D eigenvalue weighted by molar-refractivity contribution is 0.0785. The van der Waals surface area contributed by atoms with E-state index in [4.69, 9.17) is 4.42 Å². The maximum absolute atomic E-state index is 12.5. The quantitative estimate of drug-likeness (QED) is 0.740. The van der Waals surface area contributed by atoms with E-state index in [0.29, 0.717) is 23.6 Å². The van der Waals surface area contributed by atoms with Gasteiger partial charge in [0.2, 0.25) is 0 Å². The number of benzene rings is 1. The van der Waals surface area contributed by atoms with Gasteiger partial charge in [-0.3, -0.25) is 4.79 Å². The third-order valence-electron chi connectivity index (χ3n) is 3.78. The molecule has 0 saturated heterocycles. The topological polar surface area (TPSA) is 59.2 Å². The summed E-state index contributed by atoms with van der Waals surface area (Å²) < 4.78 is 5.78. The number of carbonyl (C=O) groups is 1. The molecule has 1 aliphatic rings. The van der Waals surface area contributed by atoms with E-state index in [-0.39, 0.29) is 5.91 Å². The second kappa shape index (κ2) is 5.21. The van der Waals surface area contributed by atoms with Crippen molar-refractivity contribution in [3.05, 3.63) is 46.2 Å². The van der Waals surface area contributed by atoms with Crippen LogP contribution in [0, 0.1) is 0 Å². The number of aromatic nitrogens is 2. The summed E-state index contributed by atoms with van der Waals surface area (Å²) in [5.41, 5.74) is 2.13. The van der Waals surface area contributed by atoms with E-state index in [2.05, 4.69) is 9.97 Å². The van der Waals surface area contributed by atoms with Crippen LogP contribution >= 0.6 is 11.3 Å². The molecule has 1 aromatic carbocycles. The molecule has 0 atom stereocenters. The second-order valence-electron chi connectivity index (χ2n) is 5.60. The Kier molecular flexibility index (Phi) is 3.18. The number of nitrogens with zero attached hydrogens (tertiary/aromatic N) is 3. The van der Waals surface area contributed by atoms with Crippen LogP contribution in [-0.4, -0.2) is 27.8 Å². The molecular weight excluding hydrogens is 298 g/mol. The van der Waals surface area contributed by atoms with Crippen LogP contribution in [0.25, 0.3) is 11.1 Å². The lowest BCUT2D eigenvalue weighted by atomic mass is 10.2. The highest BCUT2D eigenvalue weighted by Crippen LogP contribution is 2.40. The van der Waals surface area contributed by atoms with Crippen LogP contribution in [0.4, 0.5) is 0 Å². The van der Waals surface area contributed by atoms with Crippen molar-refractivity contribution in [2.24, 2.45) is 0 Å². The van der Waals surface area contributed by atoms with Gasteiger partial charge in [0, 0.05) is 30.1 Å². The highest BCUT2D eigenvalue weighted by molar-refractivity contribution is 7.09. The fourth-order valence-electron chi connectivity index (χ4n) is 2.41. The fourth-order valence-corrected chi connectivity index (χ4v) is 3.08. The smallest absolute Gasteiger partial charge is 0.254 e. The molecule has 22 heavy (non-hydrogen) atoms. The van der Waals surface area contributed by atoms with Crippen LogP contribution in [0.15, 0.2) is 34.2 Å². The molecule has 5 nitrogen and oxygen atoms in total. The van der Waals surface area contributed by atoms with E-state index < -0.39 is 0 Å². The summed E-state index contributed by atoms with van der Waals surface area (Å²) in [6.07, 6.45) is 4.04. The number of fused-ring (bicyclic) bond motifs is 1.